The molecule has 4 rings (SSSR count). The van der Waals surface area contributed by atoms with Crippen molar-refractivity contribution in [3.8, 4) is 17.1 Å². The standard InChI is InChI=1S/C21H19N5O2/c1-14-8-10-16(11-9-14)12-22-20(27)21-23-19(25-28-21)18-13-26(24-15(18)2)17-6-4-3-5-7-17/h3-11,13H,12H2,1-2H3,(H,22,27). The molecule has 0 unspecified atom stereocenters. The molecule has 0 saturated heterocycles. The zero-order valence-electron chi connectivity index (χ0n) is 15.6. The zero-order chi connectivity index (χ0) is 19.5. The van der Waals surface area contributed by atoms with Crippen molar-refractivity contribution >= 4 is 5.91 Å². The Kier molecular flexibility index (Phi) is 4.72. The molecule has 28 heavy (non-hydrogen) atoms. The van der Waals surface area contributed by atoms with Gasteiger partial charge in [-0.2, -0.15) is 10.1 Å². The molecule has 0 aliphatic carbocycles. The van der Waals surface area contributed by atoms with Crippen molar-refractivity contribution in [2.75, 3.05) is 0 Å². The molecule has 2 heterocycles. The molecule has 0 spiro atoms. The van der Waals surface area contributed by atoms with Gasteiger partial charge in [0.1, 0.15) is 0 Å². The van der Waals surface area contributed by atoms with Gasteiger partial charge in [0, 0.05) is 12.7 Å². The van der Waals surface area contributed by atoms with Crippen molar-refractivity contribution in [2.45, 2.75) is 20.4 Å². The monoisotopic (exact) mass is 373 g/mol. The normalized spacial score (nSPS) is 10.8. The predicted octanol–water partition coefficient (Wildman–Crippen LogP) is 3.47. The molecule has 0 fully saturated rings. The van der Waals surface area contributed by atoms with Gasteiger partial charge in [-0.15, -0.1) is 0 Å². The van der Waals surface area contributed by atoms with Gasteiger partial charge < -0.3 is 9.84 Å². The van der Waals surface area contributed by atoms with Crippen LogP contribution in [0.3, 0.4) is 0 Å². The summed E-state index contributed by atoms with van der Waals surface area (Å²) in [5.41, 5.74) is 4.56. The number of nitrogens with one attached hydrogen (secondary N) is 1. The van der Waals surface area contributed by atoms with Gasteiger partial charge in [0.05, 0.1) is 16.9 Å². The van der Waals surface area contributed by atoms with E-state index >= 15 is 0 Å². The molecule has 4 aromatic rings. The van der Waals surface area contributed by atoms with Crippen LogP contribution in [0.2, 0.25) is 0 Å². The molecule has 1 amide bonds. The Morgan fingerprint density at radius 3 is 2.57 bits per heavy atom. The Labute approximate surface area is 162 Å². The molecule has 0 aliphatic heterocycles. The summed E-state index contributed by atoms with van der Waals surface area (Å²) < 4.78 is 6.90. The first-order chi connectivity index (χ1) is 13.6. The van der Waals surface area contributed by atoms with Crippen molar-refractivity contribution in [3.63, 3.8) is 0 Å². The van der Waals surface area contributed by atoms with Crippen LogP contribution in [0.25, 0.3) is 17.1 Å². The summed E-state index contributed by atoms with van der Waals surface area (Å²) in [6, 6.07) is 17.7. The van der Waals surface area contributed by atoms with Crippen LogP contribution in [0.1, 0.15) is 27.5 Å². The highest BCUT2D eigenvalue weighted by atomic mass is 16.5. The Balaban J connectivity index is 1.49. The number of carbonyl (C=O) groups is 1. The summed E-state index contributed by atoms with van der Waals surface area (Å²) in [6.07, 6.45) is 1.82. The molecular formula is C21H19N5O2. The molecule has 2 aromatic carbocycles. The van der Waals surface area contributed by atoms with E-state index in [1.807, 2.05) is 74.6 Å². The summed E-state index contributed by atoms with van der Waals surface area (Å²) >= 11 is 0. The van der Waals surface area contributed by atoms with E-state index in [-0.39, 0.29) is 5.89 Å². The number of para-hydroxylation sites is 1. The minimum Gasteiger partial charge on any atom is -0.344 e. The van der Waals surface area contributed by atoms with Crippen LogP contribution in [-0.2, 0) is 6.54 Å². The largest absolute Gasteiger partial charge is 0.344 e. The van der Waals surface area contributed by atoms with Gasteiger partial charge in [-0.1, -0.05) is 53.2 Å². The summed E-state index contributed by atoms with van der Waals surface area (Å²) in [5, 5.41) is 11.2. The molecule has 0 atom stereocenters. The molecule has 0 bridgehead atoms. The average Bonchev–Trinajstić information content (AvgIpc) is 3.35. The lowest BCUT2D eigenvalue weighted by Gasteiger charge is -2.02. The van der Waals surface area contributed by atoms with Gasteiger partial charge in [-0.05, 0) is 31.5 Å². The van der Waals surface area contributed by atoms with Gasteiger partial charge in [0.2, 0.25) is 5.82 Å². The van der Waals surface area contributed by atoms with E-state index in [2.05, 4.69) is 20.6 Å². The minimum absolute atomic E-state index is 0.0750. The molecule has 0 radical (unpaired) electrons. The number of rotatable bonds is 5. The highest BCUT2D eigenvalue weighted by molar-refractivity contribution is 5.89. The van der Waals surface area contributed by atoms with Crippen LogP contribution < -0.4 is 5.32 Å². The first kappa shape index (κ1) is 17.7. The van der Waals surface area contributed by atoms with E-state index in [4.69, 9.17) is 4.52 Å². The fourth-order valence-corrected chi connectivity index (χ4v) is 2.78. The first-order valence-corrected chi connectivity index (χ1v) is 8.89. The highest BCUT2D eigenvalue weighted by Gasteiger charge is 2.19. The van der Waals surface area contributed by atoms with Crippen molar-refractivity contribution in [2.24, 2.45) is 0 Å². The number of aromatic nitrogens is 4. The maximum absolute atomic E-state index is 12.3. The maximum atomic E-state index is 12.3. The third-order valence-corrected chi connectivity index (χ3v) is 4.35. The van der Waals surface area contributed by atoms with Crippen LogP contribution in [0.4, 0.5) is 0 Å². The number of hydrogen-bond donors (Lipinski definition) is 1. The van der Waals surface area contributed by atoms with E-state index in [9.17, 15) is 4.79 Å². The van der Waals surface area contributed by atoms with Gasteiger partial charge in [-0.25, -0.2) is 4.68 Å². The van der Waals surface area contributed by atoms with Crippen molar-refractivity contribution < 1.29 is 9.32 Å². The Hall–Kier alpha value is -3.74. The summed E-state index contributed by atoms with van der Waals surface area (Å²) in [4.78, 5) is 16.5. The van der Waals surface area contributed by atoms with Crippen LogP contribution >= 0.6 is 0 Å². The lowest BCUT2D eigenvalue weighted by Crippen LogP contribution is -2.23. The molecule has 0 saturated carbocycles. The van der Waals surface area contributed by atoms with Crippen LogP contribution in [0, 0.1) is 13.8 Å². The summed E-state index contributed by atoms with van der Waals surface area (Å²) in [7, 11) is 0. The topological polar surface area (TPSA) is 85.8 Å². The average molecular weight is 373 g/mol. The molecule has 0 aliphatic rings. The number of hydrogen-bond acceptors (Lipinski definition) is 5. The number of aryl methyl sites for hydroxylation is 2. The molecule has 1 N–H and O–H groups in total. The predicted molar refractivity (Wildman–Crippen MR) is 104 cm³/mol. The van der Waals surface area contributed by atoms with Crippen LogP contribution in [0.15, 0.2) is 65.3 Å². The first-order valence-electron chi connectivity index (χ1n) is 8.89. The summed E-state index contributed by atoms with van der Waals surface area (Å²) in [6.45, 7) is 4.27. The Bertz CT molecular complexity index is 1100. The Morgan fingerprint density at radius 2 is 1.82 bits per heavy atom. The van der Waals surface area contributed by atoms with E-state index in [0.717, 1.165) is 16.9 Å². The zero-order valence-corrected chi connectivity index (χ0v) is 15.6. The lowest BCUT2D eigenvalue weighted by atomic mass is 10.1. The lowest BCUT2D eigenvalue weighted by molar-refractivity contribution is 0.0907. The second-order valence-electron chi connectivity index (χ2n) is 6.50. The van der Waals surface area contributed by atoms with Crippen molar-refractivity contribution in [3.05, 3.63) is 83.5 Å². The third-order valence-electron chi connectivity index (χ3n) is 4.35. The van der Waals surface area contributed by atoms with E-state index < -0.39 is 5.91 Å². The second-order valence-corrected chi connectivity index (χ2v) is 6.50. The van der Waals surface area contributed by atoms with Crippen molar-refractivity contribution in [1.82, 2.24) is 25.2 Å². The smallest absolute Gasteiger partial charge is 0.316 e. The SMILES string of the molecule is Cc1ccc(CNC(=O)c2nc(-c3cn(-c4ccccc4)nc3C)no2)cc1. The van der Waals surface area contributed by atoms with Crippen molar-refractivity contribution in [1.29, 1.82) is 0 Å². The fraction of sp³-hybridized carbons (Fsp3) is 0.143. The van der Waals surface area contributed by atoms with E-state index in [1.54, 1.807) is 4.68 Å². The van der Waals surface area contributed by atoms with Crippen LogP contribution in [0.5, 0.6) is 0 Å². The second kappa shape index (κ2) is 7.48. The molecule has 7 nitrogen and oxygen atoms in total. The van der Waals surface area contributed by atoms with Gasteiger partial charge in [0.15, 0.2) is 0 Å². The number of carbonyl (C=O) groups excluding carboxylic acids is 1. The maximum Gasteiger partial charge on any atom is 0.316 e. The molecule has 2 aromatic heterocycles. The number of benzene rings is 2. The fourth-order valence-electron chi connectivity index (χ4n) is 2.78. The van der Waals surface area contributed by atoms with E-state index in [1.165, 1.54) is 5.56 Å². The van der Waals surface area contributed by atoms with Gasteiger partial charge in [0.25, 0.3) is 0 Å². The van der Waals surface area contributed by atoms with Gasteiger partial charge >= 0.3 is 11.8 Å². The number of nitrogens with zero attached hydrogens (tertiary/aromatic N) is 4. The molecule has 140 valence electrons. The van der Waals surface area contributed by atoms with Gasteiger partial charge in [-0.3, -0.25) is 4.79 Å². The molecular weight excluding hydrogens is 354 g/mol. The van der Waals surface area contributed by atoms with Crippen LogP contribution in [-0.4, -0.2) is 25.8 Å². The number of amides is 1. The quantitative estimate of drug-likeness (QED) is 0.579. The molecule has 7 heteroatoms. The minimum atomic E-state index is -0.410. The third kappa shape index (κ3) is 3.68. The Morgan fingerprint density at radius 1 is 1.07 bits per heavy atom. The summed E-state index contributed by atoms with van der Waals surface area (Å²) in [5.74, 6) is -0.151. The highest BCUT2D eigenvalue weighted by Crippen LogP contribution is 2.21. The van der Waals surface area contributed by atoms with E-state index in [0.29, 0.717) is 17.9 Å².